The number of hydrogen-bond donors (Lipinski definition) is 2. The molecule has 0 saturated carbocycles. The summed E-state index contributed by atoms with van der Waals surface area (Å²) in [6, 6.07) is 15.7. The van der Waals surface area contributed by atoms with Crippen LogP contribution in [0.4, 0.5) is 17.1 Å². The Bertz CT molecular complexity index is 948. The fourth-order valence-corrected chi connectivity index (χ4v) is 3.04. The Morgan fingerprint density at radius 2 is 1.81 bits per heavy atom. The minimum absolute atomic E-state index is 0.0803. The van der Waals surface area contributed by atoms with Gasteiger partial charge in [0.2, 0.25) is 17.7 Å². The number of nitrogens with zero attached hydrogens (tertiary/aromatic N) is 2. The lowest BCUT2D eigenvalue weighted by Crippen LogP contribution is -2.28. The van der Waals surface area contributed by atoms with Crippen molar-refractivity contribution in [2.45, 2.75) is 13.3 Å². The van der Waals surface area contributed by atoms with Crippen molar-refractivity contribution >= 4 is 34.8 Å². The second-order valence-electron chi connectivity index (χ2n) is 6.29. The zero-order valence-electron chi connectivity index (χ0n) is 14.7. The van der Waals surface area contributed by atoms with Crippen molar-refractivity contribution < 1.29 is 14.4 Å². The average Bonchev–Trinajstić information content (AvgIpc) is 3.03. The van der Waals surface area contributed by atoms with E-state index in [2.05, 4.69) is 16.7 Å². The largest absolute Gasteiger partial charge is 0.326 e. The van der Waals surface area contributed by atoms with E-state index < -0.39 is 5.92 Å². The van der Waals surface area contributed by atoms with Gasteiger partial charge in [-0.1, -0.05) is 18.2 Å². The molecule has 1 aliphatic heterocycles. The van der Waals surface area contributed by atoms with Gasteiger partial charge in [0.05, 0.1) is 17.2 Å². The van der Waals surface area contributed by atoms with Gasteiger partial charge in [0, 0.05) is 31.3 Å². The van der Waals surface area contributed by atoms with E-state index in [-0.39, 0.29) is 30.7 Å². The minimum atomic E-state index is -0.520. The predicted molar refractivity (Wildman–Crippen MR) is 101 cm³/mol. The van der Waals surface area contributed by atoms with Crippen molar-refractivity contribution in [1.29, 1.82) is 5.26 Å². The topological polar surface area (TPSA) is 102 Å². The van der Waals surface area contributed by atoms with Crippen molar-refractivity contribution in [3.63, 3.8) is 0 Å². The van der Waals surface area contributed by atoms with E-state index in [1.54, 1.807) is 48.5 Å². The summed E-state index contributed by atoms with van der Waals surface area (Å²) in [5, 5.41) is 14.7. The Hall–Kier alpha value is -3.66. The lowest BCUT2D eigenvalue weighted by molar-refractivity contribution is -0.122. The Labute approximate surface area is 156 Å². The number of amides is 3. The quantitative estimate of drug-likeness (QED) is 0.872. The molecule has 1 fully saturated rings. The van der Waals surface area contributed by atoms with Crippen LogP contribution in [0.3, 0.4) is 0 Å². The third-order valence-electron chi connectivity index (χ3n) is 4.26. The van der Waals surface area contributed by atoms with E-state index in [0.29, 0.717) is 22.6 Å². The fourth-order valence-electron chi connectivity index (χ4n) is 3.04. The van der Waals surface area contributed by atoms with Crippen LogP contribution in [0.5, 0.6) is 0 Å². The molecule has 0 bridgehead atoms. The molecule has 27 heavy (non-hydrogen) atoms. The van der Waals surface area contributed by atoms with Gasteiger partial charge >= 0.3 is 0 Å². The molecule has 7 heteroatoms. The second-order valence-corrected chi connectivity index (χ2v) is 6.29. The van der Waals surface area contributed by atoms with Gasteiger partial charge in [-0.25, -0.2) is 0 Å². The first-order chi connectivity index (χ1) is 13.0. The Kier molecular flexibility index (Phi) is 5.18. The summed E-state index contributed by atoms with van der Waals surface area (Å²) in [4.78, 5) is 37.6. The Morgan fingerprint density at radius 3 is 2.52 bits per heavy atom. The number of carbonyl (C=O) groups is 3. The number of anilines is 3. The van der Waals surface area contributed by atoms with Crippen LogP contribution in [-0.4, -0.2) is 24.3 Å². The van der Waals surface area contributed by atoms with Gasteiger partial charge in [0.15, 0.2) is 0 Å². The lowest BCUT2D eigenvalue weighted by atomic mass is 10.1. The van der Waals surface area contributed by atoms with E-state index in [9.17, 15) is 19.6 Å². The number of nitrogens with one attached hydrogen (secondary N) is 2. The van der Waals surface area contributed by atoms with E-state index in [4.69, 9.17) is 0 Å². The molecule has 0 aliphatic carbocycles. The van der Waals surface area contributed by atoms with Crippen molar-refractivity contribution in [2.75, 3.05) is 22.1 Å². The van der Waals surface area contributed by atoms with Gasteiger partial charge in [0.1, 0.15) is 6.07 Å². The summed E-state index contributed by atoms with van der Waals surface area (Å²) >= 11 is 0. The summed E-state index contributed by atoms with van der Waals surface area (Å²) in [5.41, 5.74) is 2.03. The molecule has 2 N–H and O–H groups in total. The zero-order chi connectivity index (χ0) is 19.4. The number of hydrogen-bond acceptors (Lipinski definition) is 4. The van der Waals surface area contributed by atoms with Crippen LogP contribution < -0.4 is 15.5 Å². The molecule has 3 amide bonds. The van der Waals surface area contributed by atoms with Gasteiger partial charge in [-0.05, 0) is 30.3 Å². The summed E-state index contributed by atoms with van der Waals surface area (Å²) in [6.45, 7) is 1.62. The van der Waals surface area contributed by atoms with Crippen LogP contribution in [0.15, 0.2) is 48.5 Å². The molecule has 1 unspecified atom stereocenters. The highest BCUT2D eigenvalue weighted by Gasteiger charge is 2.36. The molecule has 1 aliphatic rings. The van der Waals surface area contributed by atoms with Crippen LogP contribution in [-0.2, 0) is 14.4 Å². The molecule has 3 rings (SSSR count). The first-order valence-electron chi connectivity index (χ1n) is 8.46. The van der Waals surface area contributed by atoms with Gasteiger partial charge in [0.25, 0.3) is 0 Å². The van der Waals surface area contributed by atoms with Gasteiger partial charge in [-0.15, -0.1) is 0 Å². The van der Waals surface area contributed by atoms with Crippen LogP contribution in [0, 0.1) is 17.2 Å². The number of rotatable bonds is 4. The molecular formula is C20H18N4O3. The molecule has 1 heterocycles. The summed E-state index contributed by atoms with van der Waals surface area (Å²) in [7, 11) is 0. The number of benzene rings is 2. The van der Waals surface area contributed by atoms with E-state index in [1.165, 1.54) is 11.8 Å². The van der Waals surface area contributed by atoms with Crippen LogP contribution >= 0.6 is 0 Å². The molecule has 2 aromatic rings. The highest BCUT2D eigenvalue weighted by molar-refractivity contribution is 6.04. The molecule has 1 atom stereocenters. The van der Waals surface area contributed by atoms with Crippen molar-refractivity contribution in [2.24, 2.45) is 5.92 Å². The molecule has 2 aromatic carbocycles. The number of nitriles is 1. The molecule has 136 valence electrons. The maximum absolute atomic E-state index is 12.6. The minimum Gasteiger partial charge on any atom is -0.326 e. The van der Waals surface area contributed by atoms with Crippen molar-refractivity contribution in [3.8, 4) is 6.07 Å². The summed E-state index contributed by atoms with van der Waals surface area (Å²) in [6.07, 6.45) is 0.0803. The molecular weight excluding hydrogens is 344 g/mol. The maximum atomic E-state index is 12.6. The lowest BCUT2D eigenvalue weighted by Gasteiger charge is -2.18. The van der Waals surface area contributed by atoms with Crippen molar-refractivity contribution in [1.82, 2.24) is 0 Å². The predicted octanol–water partition coefficient (Wildman–Crippen LogP) is 2.51. The van der Waals surface area contributed by atoms with Gasteiger partial charge in [-0.3, -0.25) is 14.4 Å². The first-order valence-corrected chi connectivity index (χ1v) is 8.46. The molecule has 0 radical (unpaired) electrons. The number of carbonyl (C=O) groups excluding carboxylic acids is 3. The number of para-hydroxylation sites is 1. The molecule has 0 spiro atoms. The zero-order valence-corrected chi connectivity index (χ0v) is 14.7. The average molecular weight is 362 g/mol. The SMILES string of the molecule is CC(=O)Nc1cccc(NC(=O)C2CC(=O)N(c3ccccc3C#N)C2)c1. The standard InChI is InChI=1S/C20H18N4O3/c1-13(25)22-16-6-4-7-17(10-16)23-20(27)15-9-19(26)24(12-15)18-8-3-2-5-14(18)11-21/h2-8,10,15H,9,12H2,1H3,(H,22,25)(H,23,27). The van der Waals surface area contributed by atoms with Gasteiger partial charge < -0.3 is 15.5 Å². The maximum Gasteiger partial charge on any atom is 0.229 e. The third-order valence-corrected chi connectivity index (χ3v) is 4.26. The Balaban J connectivity index is 1.71. The highest BCUT2D eigenvalue weighted by atomic mass is 16.2. The fraction of sp³-hybridized carbons (Fsp3) is 0.200. The van der Waals surface area contributed by atoms with Crippen LogP contribution in [0.25, 0.3) is 0 Å². The normalized spacial score (nSPS) is 15.9. The summed E-state index contributed by atoms with van der Waals surface area (Å²) in [5.74, 6) is -1.19. The van der Waals surface area contributed by atoms with E-state index in [0.717, 1.165) is 0 Å². The summed E-state index contributed by atoms with van der Waals surface area (Å²) < 4.78 is 0. The monoisotopic (exact) mass is 362 g/mol. The first kappa shape index (κ1) is 18.1. The third kappa shape index (κ3) is 4.12. The van der Waals surface area contributed by atoms with Crippen LogP contribution in [0.1, 0.15) is 18.9 Å². The van der Waals surface area contributed by atoms with Crippen molar-refractivity contribution in [3.05, 3.63) is 54.1 Å². The molecule has 1 saturated heterocycles. The van der Waals surface area contributed by atoms with Crippen LogP contribution in [0.2, 0.25) is 0 Å². The smallest absolute Gasteiger partial charge is 0.229 e. The molecule has 0 aromatic heterocycles. The Morgan fingerprint density at radius 1 is 1.11 bits per heavy atom. The van der Waals surface area contributed by atoms with E-state index >= 15 is 0 Å². The highest BCUT2D eigenvalue weighted by Crippen LogP contribution is 2.28. The second kappa shape index (κ2) is 7.70. The van der Waals surface area contributed by atoms with Gasteiger partial charge in [-0.2, -0.15) is 5.26 Å². The molecule has 7 nitrogen and oxygen atoms in total. The van der Waals surface area contributed by atoms with E-state index in [1.807, 2.05) is 0 Å².